The predicted molar refractivity (Wildman–Crippen MR) is 103 cm³/mol. The van der Waals surface area contributed by atoms with Crippen molar-refractivity contribution in [3.8, 4) is 17.1 Å². The van der Waals surface area contributed by atoms with Gasteiger partial charge in [-0.05, 0) is 36.4 Å². The smallest absolute Gasteiger partial charge is 0.209 e. The molecule has 5 nitrogen and oxygen atoms in total. The van der Waals surface area contributed by atoms with Gasteiger partial charge in [0.1, 0.15) is 5.75 Å². The van der Waals surface area contributed by atoms with Crippen LogP contribution in [0.4, 0.5) is 5.69 Å². The predicted octanol–water partition coefficient (Wildman–Crippen LogP) is 4.02. The number of oxazole rings is 1. The molecular formula is C20H20ClN3O2. The summed E-state index contributed by atoms with van der Waals surface area (Å²) in [5, 5.41) is 10.7. The second-order valence-corrected chi connectivity index (χ2v) is 6.81. The Bertz CT molecular complexity index is 871. The van der Waals surface area contributed by atoms with Gasteiger partial charge in [0.25, 0.3) is 0 Å². The van der Waals surface area contributed by atoms with Crippen molar-refractivity contribution in [2.45, 2.75) is 6.54 Å². The fourth-order valence-electron chi connectivity index (χ4n) is 3.20. The Labute approximate surface area is 157 Å². The summed E-state index contributed by atoms with van der Waals surface area (Å²) in [7, 11) is 0. The van der Waals surface area contributed by atoms with E-state index < -0.39 is 0 Å². The zero-order valence-corrected chi connectivity index (χ0v) is 15.1. The first-order chi connectivity index (χ1) is 12.7. The molecule has 134 valence electrons. The molecule has 0 bridgehead atoms. The van der Waals surface area contributed by atoms with E-state index in [2.05, 4.69) is 14.8 Å². The minimum Gasteiger partial charge on any atom is -0.506 e. The third-order valence-corrected chi connectivity index (χ3v) is 4.89. The summed E-state index contributed by atoms with van der Waals surface area (Å²) in [5.41, 5.74) is 1.87. The molecule has 1 aliphatic heterocycles. The maximum Gasteiger partial charge on any atom is 0.209 e. The Morgan fingerprint density at radius 2 is 1.73 bits per heavy atom. The van der Waals surface area contributed by atoms with Crippen molar-refractivity contribution in [1.29, 1.82) is 0 Å². The SMILES string of the molecule is Oc1ccccc1N1CCN(Cc2ncc(-c3ccc(Cl)cc3)o2)CC1. The number of hydrogen-bond acceptors (Lipinski definition) is 5. The number of halogens is 1. The van der Waals surface area contributed by atoms with Crippen molar-refractivity contribution >= 4 is 17.3 Å². The third kappa shape index (κ3) is 3.69. The van der Waals surface area contributed by atoms with Crippen LogP contribution >= 0.6 is 11.6 Å². The van der Waals surface area contributed by atoms with Crippen LogP contribution in [0.25, 0.3) is 11.3 Å². The molecule has 3 aromatic rings. The maximum atomic E-state index is 10.0. The number of nitrogens with zero attached hydrogens (tertiary/aromatic N) is 3. The van der Waals surface area contributed by atoms with Crippen LogP contribution in [0.2, 0.25) is 5.02 Å². The van der Waals surface area contributed by atoms with Crippen molar-refractivity contribution in [3.63, 3.8) is 0 Å². The van der Waals surface area contributed by atoms with Crippen LogP contribution in [0.3, 0.4) is 0 Å². The zero-order valence-electron chi connectivity index (χ0n) is 14.3. The molecule has 1 aliphatic rings. The van der Waals surface area contributed by atoms with Crippen LogP contribution < -0.4 is 4.90 Å². The molecule has 4 rings (SSSR count). The number of aromatic nitrogens is 1. The van der Waals surface area contributed by atoms with E-state index >= 15 is 0 Å². The lowest BCUT2D eigenvalue weighted by molar-refractivity contribution is 0.226. The minimum atomic E-state index is 0.334. The minimum absolute atomic E-state index is 0.334. The van der Waals surface area contributed by atoms with Gasteiger partial charge < -0.3 is 14.4 Å². The molecule has 0 aliphatic carbocycles. The van der Waals surface area contributed by atoms with Crippen molar-refractivity contribution in [2.24, 2.45) is 0 Å². The number of rotatable bonds is 4. The quantitative estimate of drug-likeness (QED) is 0.752. The maximum absolute atomic E-state index is 10.0. The van der Waals surface area contributed by atoms with E-state index in [9.17, 15) is 5.11 Å². The van der Waals surface area contributed by atoms with Gasteiger partial charge in [0.15, 0.2) is 5.76 Å². The molecule has 2 heterocycles. The Balaban J connectivity index is 1.36. The summed E-state index contributed by atoms with van der Waals surface area (Å²) in [6, 6.07) is 15.0. The fraction of sp³-hybridized carbons (Fsp3) is 0.250. The van der Waals surface area contributed by atoms with Crippen molar-refractivity contribution < 1.29 is 9.52 Å². The molecule has 1 saturated heterocycles. The molecule has 1 N–H and O–H groups in total. The number of anilines is 1. The van der Waals surface area contributed by atoms with Gasteiger partial charge in [-0.1, -0.05) is 23.7 Å². The van der Waals surface area contributed by atoms with Gasteiger partial charge in [0.2, 0.25) is 5.89 Å². The number of piperazine rings is 1. The highest BCUT2D eigenvalue weighted by Gasteiger charge is 2.20. The molecule has 0 radical (unpaired) electrons. The summed E-state index contributed by atoms with van der Waals surface area (Å²) < 4.78 is 5.89. The first kappa shape index (κ1) is 16.9. The van der Waals surface area contributed by atoms with E-state index in [0.717, 1.165) is 43.2 Å². The summed E-state index contributed by atoms with van der Waals surface area (Å²) in [4.78, 5) is 8.93. The van der Waals surface area contributed by atoms with Gasteiger partial charge in [-0.2, -0.15) is 0 Å². The van der Waals surface area contributed by atoms with E-state index in [1.807, 2.05) is 42.5 Å². The van der Waals surface area contributed by atoms with Crippen LogP contribution in [0.1, 0.15) is 5.89 Å². The van der Waals surface area contributed by atoms with Gasteiger partial charge in [-0.15, -0.1) is 0 Å². The number of phenols is 1. The van der Waals surface area contributed by atoms with E-state index in [0.29, 0.717) is 23.2 Å². The number of benzene rings is 2. The van der Waals surface area contributed by atoms with Crippen LogP contribution in [0.5, 0.6) is 5.75 Å². The molecule has 0 amide bonds. The van der Waals surface area contributed by atoms with Crippen molar-refractivity contribution in [2.75, 3.05) is 31.1 Å². The normalized spacial score (nSPS) is 15.3. The van der Waals surface area contributed by atoms with Gasteiger partial charge in [0, 0.05) is 36.8 Å². The molecule has 0 atom stereocenters. The molecule has 2 aromatic carbocycles. The highest BCUT2D eigenvalue weighted by Crippen LogP contribution is 2.28. The van der Waals surface area contributed by atoms with E-state index in [4.69, 9.17) is 16.0 Å². The summed E-state index contributed by atoms with van der Waals surface area (Å²) in [6.45, 7) is 4.20. The Hall–Kier alpha value is -2.50. The molecule has 1 aromatic heterocycles. The van der Waals surface area contributed by atoms with Gasteiger partial charge in [-0.3, -0.25) is 4.90 Å². The van der Waals surface area contributed by atoms with Crippen LogP contribution in [-0.4, -0.2) is 41.2 Å². The van der Waals surface area contributed by atoms with E-state index in [1.54, 1.807) is 12.3 Å². The monoisotopic (exact) mass is 369 g/mol. The molecule has 0 unspecified atom stereocenters. The molecular weight excluding hydrogens is 350 g/mol. The second-order valence-electron chi connectivity index (χ2n) is 6.38. The largest absolute Gasteiger partial charge is 0.506 e. The third-order valence-electron chi connectivity index (χ3n) is 4.64. The Morgan fingerprint density at radius 1 is 1.00 bits per heavy atom. The highest BCUT2D eigenvalue weighted by atomic mass is 35.5. The zero-order chi connectivity index (χ0) is 17.9. The average molecular weight is 370 g/mol. The lowest BCUT2D eigenvalue weighted by Crippen LogP contribution is -2.46. The molecule has 0 spiro atoms. The molecule has 6 heteroatoms. The molecule has 26 heavy (non-hydrogen) atoms. The number of phenolic OH excluding ortho intramolecular Hbond substituents is 1. The lowest BCUT2D eigenvalue weighted by Gasteiger charge is -2.35. The van der Waals surface area contributed by atoms with Gasteiger partial charge in [0.05, 0.1) is 18.4 Å². The Morgan fingerprint density at radius 3 is 2.46 bits per heavy atom. The molecule has 0 saturated carbocycles. The second kappa shape index (κ2) is 7.40. The van der Waals surface area contributed by atoms with Crippen molar-refractivity contribution in [1.82, 2.24) is 9.88 Å². The fourth-order valence-corrected chi connectivity index (χ4v) is 3.33. The highest BCUT2D eigenvalue weighted by molar-refractivity contribution is 6.30. The summed E-state index contributed by atoms with van der Waals surface area (Å²) in [6.07, 6.45) is 1.76. The number of para-hydroxylation sites is 2. The Kier molecular flexibility index (Phi) is 4.82. The molecule has 1 fully saturated rings. The number of aromatic hydroxyl groups is 1. The summed E-state index contributed by atoms with van der Waals surface area (Å²) >= 11 is 5.93. The van der Waals surface area contributed by atoms with E-state index in [-0.39, 0.29) is 0 Å². The topological polar surface area (TPSA) is 52.7 Å². The van der Waals surface area contributed by atoms with Crippen LogP contribution in [0.15, 0.2) is 59.1 Å². The average Bonchev–Trinajstić information content (AvgIpc) is 3.12. The van der Waals surface area contributed by atoms with Gasteiger partial charge >= 0.3 is 0 Å². The van der Waals surface area contributed by atoms with Crippen molar-refractivity contribution in [3.05, 3.63) is 65.6 Å². The standard InChI is InChI=1S/C20H20ClN3O2/c21-16-7-5-15(6-8-16)19-13-22-20(26-19)14-23-9-11-24(12-10-23)17-3-1-2-4-18(17)25/h1-8,13,25H,9-12,14H2. The van der Waals surface area contributed by atoms with Crippen LogP contribution in [-0.2, 0) is 6.54 Å². The first-order valence-electron chi connectivity index (χ1n) is 8.65. The number of hydrogen-bond donors (Lipinski definition) is 1. The van der Waals surface area contributed by atoms with Gasteiger partial charge in [-0.25, -0.2) is 4.98 Å². The van der Waals surface area contributed by atoms with E-state index in [1.165, 1.54) is 0 Å². The first-order valence-corrected chi connectivity index (χ1v) is 9.03. The summed E-state index contributed by atoms with van der Waals surface area (Å²) in [5.74, 6) is 1.80. The lowest BCUT2D eigenvalue weighted by atomic mass is 10.2. The van der Waals surface area contributed by atoms with Crippen LogP contribution in [0, 0.1) is 0 Å².